The Hall–Kier alpha value is -3.26. The number of carbonyl (C=O) groups excluding carboxylic acids is 2. The molecular formula is C18H14ClFN4O3. The van der Waals surface area contributed by atoms with Gasteiger partial charge < -0.3 is 0 Å². The first-order chi connectivity index (χ1) is 12.9. The zero-order chi connectivity index (χ0) is 19.6. The zero-order valence-electron chi connectivity index (χ0n) is 14.1. The van der Waals surface area contributed by atoms with Crippen LogP contribution in [-0.4, -0.2) is 21.6 Å². The molecule has 3 aromatic rings. The van der Waals surface area contributed by atoms with E-state index in [0.717, 1.165) is 10.7 Å². The quantitative estimate of drug-likeness (QED) is 0.673. The number of hydrogen-bond donors (Lipinski definition) is 2. The van der Waals surface area contributed by atoms with Crippen LogP contribution >= 0.6 is 11.6 Å². The molecule has 27 heavy (non-hydrogen) atoms. The molecule has 3 rings (SSSR count). The molecule has 0 saturated heterocycles. The fourth-order valence-electron chi connectivity index (χ4n) is 2.53. The van der Waals surface area contributed by atoms with Crippen LogP contribution in [0.2, 0.25) is 5.02 Å². The predicted molar refractivity (Wildman–Crippen MR) is 98.0 cm³/mol. The molecule has 1 heterocycles. The summed E-state index contributed by atoms with van der Waals surface area (Å²) in [5.74, 6) is -2.42. The van der Waals surface area contributed by atoms with Crippen molar-refractivity contribution in [3.63, 3.8) is 0 Å². The Morgan fingerprint density at radius 2 is 1.78 bits per heavy atom. The van der Waals surface area contributed by atoms with Crippen LogP contribution in [0.5, 0.6) is 0 Å². The number of rotatable bonds is 3. The SMILES string of the molecule is CCn1nc(C(=O)NNC(=O)c2ccc(Cl)cc2F)c2ccccc2c1=O. The van der Waals surface area contributed by atoms with Crippen LogP contribution in [0.3, 0.4) is 0 Å². The molecule has 9 heteroatoms. The first-order valence-corrected chi connectivity index (χ1v) is 8.35. The fourth-order valence-corrected chi connectivity index (χ4v) is 2.69. The van der Waals surface area contributed by atoms with Crippen molar-refractivity contribution >= 4 is 34.2 Å². The minimum Gasteiger partial charge on any atom is -0.267 e. The number of carbonyl (C=O) groups is 2. The Balaban J connectivity index is 1.87. The van der Waals surface area contributed by atoms with Crippen molar-refractivity contribution in [1.82, 2.24) is 20.6 Å². The van der Waals surface area contributed by atoms with E-state index in [1.165, 1.54) is 12.1 Å². The van der Waals surface area contributed by atoms with Gasteiger partial charge in [-0.05, 0) is 31.2 Å². The van der Waals surface area contributed by atoms with Crippen molar-refractivity contribution in [3.8, 4) is 0 Å². The second-order valence-corrected chi connectivity index (χ2v) is 5.98. The third-order valence-corrected chi connectivity index (χ3v) is 4.08. The van der Waals surface area contributed by atoms with Gasteiger partial charge in [0.15, 0.2) is 5.69 Å². The molecule has 2 aromatic carbocycles. The van der Waals surface area contributed by atoms with Gasteiger partial charge in [0.05, 0.1) is 10.9 Å². The summed E-state index contributed by atoms with van der Waals surface area (Å²) in [5, 5.41) is 4.86. The first-order valence-electron chi connectivity index (χ1n) is 7.98. The third kappa shape index (κ3) is 3.65. The van der Waals surface area contributed by atoms with Crippen molar-refractivity contribution in [2.75, 3.05) is 0 Å². The minimum absolute atomic E-state index is 0.0380. The van der Waals surface area contributed by atoms with Gasteiger partial charge in [0.25, 0.3) is 17.4 Å². The lowest BCUT2D eigenvalue weighted by molar-refractivity contribution is 0.0841. The fraction of sp³-hybridized carbons (Fsp3) is 0.111. The smallest absolute Gasteiger partial charge is 0.267 e. The molecule has 0 spiro atoms. The van der Waals surface area contributed by atoms with E-state index in [4.69, 9.17) is 11.6 Å². The van der Waals surface area contributed by atoms with Crippen LogP contribution in [0.4, 0.5) is 4.39 Å². The number of amides is 2. The molecule has 0 fully saturated rings. The summed E-state index contributed by atoms with van der Waals surface area (Å²) in [4.78, 5) is 36.9. The van der Waals surface area contributed by atoms with E-state index in [0.29, 0.717) is 10.8 Å². The molecule has 0 bridgehead atoms. The van der Waals surface area contributed by atoms with Crippen LogP contribution < -0.4 is 16.4 Å². The van der Waals surface area contributed by atoms with E-state index >= 15 is 0 Å². The first kappa shape index (κ1) is 18.5. The largest absolute Gasteiger partial charge is 0.290 e. The maximum atomic E-state index is 13.8. The Morgan fingerprint density at radius 1 is 1.11 bits per heavy atom. The van der Waals surface area contributed by atoms with Gasteiger partial charge in [-0.2, -0.15) is 5.10 Å². The molecule has 138 valence electrons. The topological polar surface area (TPSA) is 93.1 Å². The van der Waals surface area contributed by atoms with Gasteiger partial charge in [0, 0.05) is 17.0 Å². The number of aromatic nitrogens is 2. The molecule has 0 aliphatic carbocycles. The average molecular weight is 389 g/mol. The zero-order valence-corrected chi connectivity index (χ0v) is 14.9. The van der Waals surface area contributed by atoms with Gasteiger partial charge in [-0.25, -0.2) is 9.07 Å². The highest BCUT2D eigenvalue weighted by Crippen LogP contribution is 2.15. The van der Waals surface area contributed by atoms with Gasteiger partial charge in [-0.1, -0.05) is 29.8 Å². The monoisotopic (exact) mass is 388 g/mol. The number of halogens is 2. The van der Waals surface area contributed by atoms with E-state index < -0.39 is 17.6 Å². The average Bonchev–Trinajstić information content (AvgIpc) is 2.66. The summed E-state index contributed by atoms with van der Waals surface area (Å²) in [7, 11) is 0. The van der Waals surface area contributed by atoms with Gasteiger partial charge >= 0.3 is 0 Å². The second-order valence-electron chi connectivity index (χ2n) is 5.55. The lowest BCUT2D eigenvalue weighted by atomic mass is 10.1. The standard InChI is InChI=1S/C18H14ClFN4O3/c1-2-24-18(27)12-6-4-3-5-11(12)15(23-24)17(26)22-21-16(25)13-8-7-10(19)9-14(13)20/h3-9H,2H2,1H3,(H,21,25)(H,22,26). The molecule has 0 saturated carbocycles. The van der Waals surface area contributed by atoms with Crippen molar-refractivity contribution < 1.29 is 14.0 Å². The summed E-state index contributed by atoms with van der Waals surface area (Å²) in [6, 6.07) is 10.1. The molecule has 7 nitrogen and oxygen atoms in total. The normalized spacial score (nSPS) is 10.6. The van der Waals surface area contributed by atoms with Crippen molar-refractivity contribution in [2.45, 2.75) is 13.5 Å². The van der Waals surface area contributed by atoms with Crippen LogP contribution in [0.25, 0.3) is 10.8 Å². The summed E-state index contributed by atoms with van der Waals surface area (Å²) in [6.07, 6.45) is 0. The minimum atomic E-state index is -0.856. The maximum absolute atomic E-state index is 13.8. The number of benzene rings is 2. The third-order valence-electron chi connectivity index (χ3n) is 3.85. The van der Waals surface area contributed by atoms with E-state index in [-0.39, 0.29) is 28.4 Å². The van der Waals surface area contributed by atoms with Gasteiger partial charge in [-0.15, -0.1) is 0 Å². The van der Waals surface area contributed by atoms with Gasteiger partial charge in [0.2, 0.25) is 0 Å². The summed E-state index contributed by atoms with van der Waals surface area (Å²) in [6.45, 7) is 1.99. The Morgan fingerprint density at radius 3 is 2.44 bits per heavy atom. The van der Waals surface area contributed by atoms with E-state index in [9.17, 15) is 18.8 Å². The number of nitrogens with zero attached hydrogens (tertiary/aromatic N) is 2. The molecule has 0 aliphatic rings. The van der Waals surface area contributed by atoms with Crippen LogP contribution in [0.1, 0.15) is 27.8 Å². The highest BCUT2D eigenvalue weighted by Gasteiger charge is 2.18. The predicted octanol–water partition coefficient (Wildman–Crippen LogP) is 2.28. The number of nitrogens with one attached hydrogen (secondary N) is 2. The van der Waals surface area contributed by atoms with Crippen molar-refractivity contribution in [3.05, 3.63) is 74.9 Å². The Bertz CT molecular complexity index is 1110. The highest BCUT2D eigenvalue weighted by atomic mass is 35.5. The van der Waals surface area contributed by atoms with Crippen LogP contribution in [-0.2, 0) is 6.54 Å². The van der Waals surface area contributed by atoms with Crippen LogP contribution in [0, 0.1) is 5.82 Å². The van der Waals surface area contributed by atoms with E-state index in [2.05, 4.69) is 16.0 Å². The van der Waals surface area contributed by atoms with E-state index in [1.54, 1.807) is 31.2 Å². The number of hydrazine groups is 1. The Labute approximate surface area is 157 Å². The molecule has 2 amide bonds. The highest BCUT2D eigenvalue weighted by molar-refractivity contribution is 6.30. The molecule has 2 N–H and O–H groups in total. The summed E-state index contributed by atoms with van der Waals surface area (Å²) >= 11 is 5.65. The van der Waals surface area contributed by atoms with Crippen molar-refractivity contribution in [1.29, 1.82) is 0 Å². The van der Waals surface area contributed by atoms with Gasteiger partial charge in [-0.3, -0.25) is 25.2 Å². The lowest BCUT2D eigenvalue weighted by Crippen LogP contribution is -2.43. The maximum Gasteiger partial charge on any atom is 0.290 e. The van der Waals surface area contributed by atoms with Crippen molar-refractivity contribution in [2.24, 2.45) is 0 Å². The number of aryl methyl sites for hydroxylation is 1. The van der Waals surface area contributed by atoms with E-state index in [1.807, 2.05) is 0 Å². The lowest BCUT2D eigenvalue weighted by Gasteiger charge is -2.11. The van der Waals surface area contributed by atoms with Crippen LogP contribution in [0.15, 0.2) is 47.3 Å². The van der Waals surface area contributed by atoms with Gasteiger partial charge in [0.1, 0.15) is 5.82 Å². The number of fused-ring (bicyclic) bond motifs is 1. The molecule has 1 aromatic heterocycles. The second kappa shape index (κ2) is 7.55. The molecule has 0 unspecified atom stereocenters. The Kier molecular flexibility index (Phi) is 5.18. The number of hydrogen-bond acceptors (Lipinski definition) is 4. The molecule has 0 atom stereocenters. The summed E-state index contributed by atoms with van der Waals surface area (Å²) in [5.41, 5.74) is 3.67. The molecule has 0 aliphatic heterocycles. The molecular weight excluding hydrogens is 375 g/mol. The summed E-state index contributed by atoms with van der Waals surface area (Å²) < 4.78 is 14.9. The molecule has 0 radical (unpaired) electrons.